The molecule has 2 heteroatoms. The lowest BCUT2D eigenvalue weighted by molar-refractivity contribution is 0.178. The minimum absolute atomic E-state index is 0.136. The van der Waals surface area contributed by atoms with Gasteiger partial charge in [-0.3, -0.25) is 0 Å². The van der Waals surface area contributed by atoms with Crippen molar-refractivity contribution in [2.45, 2.75) is 18.7 Å². The molecule has 0 radical (unpaired) electrons. The molecule has 0 bridgehead atoms. The molecule has 0 unspecified atom stereocenters. The van der Waals surface area contributed by atoms with Crippen LogP contribution in [0.5, 0.6) is 0 Å². The van der Waals surface area contributed by atoms with Crippen LogP contribution in [-0.4, -0.2) is 10.8 Å². The van der Waals surface area contributed by atoms with Gasteiger partial charge >= 0.3 is 0 Å². The van der Waals surface area contributed by atoms with E-state index in [9.17, 15) is 5.11 Å². The molecule has 1 N–H and O–H groups in total. The minimum Gasteiger partial charge on any atom is -0.388 e. The second-order valence-corrected chi connectivity index (χ2v) is 8.22. The van der Waals surface area contributed by atoms with Gasteiger partial charge < -0.3 is 5.11 Å². The fourth-order valence-electron chi connectivity index (χ4n) is 2.87. The van der Waals surface area contributed by atoms with Crippen molar-refractivity contribution in [2.75, 3.05) is 0 Å². The molecule has 3 rings (SSSR count). The van der Waals surface area contributed by atoms with E-state index in [1.165, 1.54) is 10.6 Å². The van der Waals surface area contributed by atoms with Gasteiger partial charge in [-0.05, 0) is 24.1 Å². The number of hydrogen-bond donors (Lipinski definition) is 1. The molecule has 23 heavy (non-hydrogen) atoms. The second-order valence-electron chi connectivity index (χ2n) is 5.64. The molecule has 0 aliphatic heterocycles. The number of rotatable bonds is 5. The molecule has 0 spiro atoms. The lowest BCUT2D eigenvalue weighted by Crippen LogP contribution is -2.24. The summed E-state index contributed by atoms with van der Waals surface area (Å²) < 4.78 is 0. The second kappa shape index (κ2) is 7.55. The van der Waals surface area contributed by atoms with E-state index < -0.39 is 14.0 Å². The normalized spacial score (nSPS) is 13.7. The van der Waals surface area contributed by atoms with Crippen LogP contribution in [0.15, 0.2) is 91.0 Å². The van der Waals surface area contributed by atoms with Crippen molar-refractivity contribution < 1.29 is 5.11 Å². The van der Waals surface area contributed by atoms with E-state index in [-0.39, 0.29) is 5.66 Å². The van der Waals surface area contributed by atoms with Crippen molar-refractivity contribution in [3.8, 4) is 0 Å². The van der Waals surface area contributed by atoms with Crippen LogP contribution in [-0.2, 0) is 0 Å². The maximum atomic E-state index is 10.9. The summed E-state index contributed by atoms with van der Waals surface area (Å²) in [5, 5.41) is 13.5. The van der Waals surface area contributed by atoms with E-state index in [4.69, 9.17) is 0 Å². The van der Waals surface area contributed by atoms with Gasteiger partial charge in [-0.25, -0.2) is 0 Å². The molecule has 0 fully saturated rings. The smallest absolute Gasteiger partial charge is 0.0860 e. The van der Waals surface area contributed by atoms with Gasteiger partial charge in [-0.1, -0.05) is 97.9 Å². The molecule has 0 saturated heterocycles. The zero-order valence-corrected chi connectivity index (χ0v) is 14.1. The molecule has 0 aromatic heterocycles. The van der Waals surface area contributed by atoms with E-state index in [0.29, 0.717) is 0 Å². The number of aliphatic hydroxyl groups is 1. The third-order valence-corrected chi connectivity index (χ3v) is 6.88. The first-order chi connectivity index (χ1) is 11.3. The van der Waals surface area contributed by atoms with Crippen molar-refractivity contribution in [1.29, 1.82) is 0 Å². The highest BCUT2D eigenvalue weighted by molar-refractivity contribution is 7.73. The monoisotopic (exact) mass is 320 g/mol. The molecule has 3 aromatic carbocycles. The SMILES string of the molecule is C[C@@H]([C@H](O)c1ccccc1)P(c1ccccc1)c1ccccc1. The molecule has 0 saturated carbocycles. The Hall–Kier alpha value is -1.95. The topological polar surface area (TPSA) is 20.2 Å². The van der Waals surface area contributed by atoms with Gasteiger partial charge in [0.2, 0.25) is 0 Å². The summed E-state index contributed by atoms with van der Waals surface area (Å²) in [5.41, 5.74) is 1.12. The third-order valence-electron chi connectivity index (χ3n) is 4.07. The Balaban J connectivity index is 1.98. The van der Waals surface area contributed by atoms with Crippen molar-refractivity contribution in [3.05, 3.63) is 96.6 Å². The fraction of sp³-hybridized carbons (Fsp3) is 0.143. The summed E-state index contributed by atoms with van der Waals surface area (Å²) in [6.07, 6.45) is -0.470. The molecule has 0 aliphatic rings. The van der Waals surface area contributed by atoms with Gasteiger partial charge in [-0.2, -0.15) is 0 Å². The van der Waals surface area contributed by atoms with Crippen molar-refractivity contribution in [3.63, 3.8) is 0 Å². The van der Waals surface area contributed by atoms with E-state index >= 15 is 0 Å². The molecule has 1 nitrogen and oxygen atoms in total. The Morgan fingerprint density at radius 3 is 1.48 bits per heavy atom. The van der Waals surface area contributed by atoms with Crippen molar-refractivity contribution in [2.24, 2.45) is 0 Å². The number of benzene rings is 3. The van der Waals surface area contributed by atoms with E-state index in [2.05, 4.69) is 55.5 Å². The lowest BCUT2D eigenvalue weighted by Gasteiger charge is -2.29. The summed E-state index contributed by atoms with van der Waals surface area (Å²) in [6.45, 7) is 2.16. The Morgan fingerprint density at radius 1 is 0.652 bits per heavy atom. The summed E-state index contributed by atoms with van der Waals surface area (Å²) in [6, 6.07) is 31.1. The van der Waals surface area contributed by atoms with Crippen LogP contribution in [0.2, 0.25) is 0 Å². The van der Waals surface area contributed by atoms with E-state index in [0.717, 1.165) is 5.56 Å². The van der Waals surface area contributed by atoms with Crippen LogP contribution in [0.4, 0.5) is 0 Å². The largest absolute Gasteiger partial charge is 0.388 e. The summed E-state index contributed by atoms with van der Waals surface area (Å²) in [4.78, 5) is 0. The molecule has 116 valence electrons. The van der Waals surface area contributed by atoms with Crippen molar-refractivity contribution in [1.82, 2.24) is 0 Å². The maximum Gasteiger partial charge on any atom is 0.0860 e. The average molecular weight is 320 g/mol. The van der Waals surface area contributed by atoms with Crippen LogP contribution in [0.25, 0.3) is 0 Å². The summed E-state index contributed by atoms with van der Waals surface area (Å²) in [7, 11) is -0.625. The molecule has 3 aromatic rings. The Bertz CT molecular complexity index is 673. The Kier molecular flexibility index (Phi) is 5.23. The molecule has 0 aliphatic carbocycles. The quantitative estimate of drug-likeness (QED) is 0.697. The first-order valence-corrected chi connectivity index (χ1v) is 9.31. The highest BCUT2D eigenvalue weighted by atomic mass is 31.1. The van der Waals surface area contributed by atoms with E-state index in [1.807, 2.05) is 42.5 Å². The van der Waals surface area contributed by atoms with Crippen LogP contribution < -0.4 is 10.6 Å². The molecular formula is C21H21OP. The van der Waals surface area contributed by atoms with Gasteiger partial charge in [0.15, 0.2) is 0 Å². The predicted octanol–water partition coefficient (Wildman–Crippen LogP) is 4.24. The van der Waals surface area contributed by atoms with Crippen LogP contribution in [0.1, 0.15) is 18.6 Å². The third kappa shape index (κ3) is 3.69. The average Bonchev–Trinajstić information content (AvgIpc) is 2.64. The summed E-state index contributed by atoms with van der Waals surface area (Å²) >= 11 is 0. The zero-order chi connectivity index (χ0) is 16.1. The van der Waals surface area contributed by atoms with Crippen molar-refractivity contribution >= 4 is 18.5 Å². The van der Waals surface area contributed by atoms with E-state index in [1.54, 1.807) is 0 Å². The lowest BCUT2D eigenvalue weighted by atomic mass is 10.1. The number of aliphatic hydroxyl groups excluding tert-OH is 1. The fourth-order valence-corrected chi connectivity index (χ4v) is 5.55. The Morgan fingerprint density at radius 2 is 1.04 bits per heavy atom. The molecule has 2 atom stereocenters. The van der Waals surface area contributed by atoms with Gasteiger partial charge in [0, 0.05) is 5.66 Å². The van der Waals surface area contributed by atoms with Crippen LogP contribution >= 0.6 is 7.92 Å². The molecule has 0 amide bonds. The molecule has 0 heterocycles. The Labute approximate surface area is 139 Å². The highest BCUT2D eigenvalue weighted by Gasteiger charge is 2.27. The maximum absolute atomic E-state index is 10.9. The zero-order valence-electron chi connectivity index (χ0n) is 13.2. The summed E-state index contributed by atoms with van der Waals surface area (Å²) in [5.74, 6) is 0. The molecular weight excluding hydrogens is 299 g/mol. The van der Waals surface area contributed by atoms with Gasteiger partial charge in [0.05, 0.1) is 6.10 Å². The first kappa shape index (κ1) is 15.9. The van der Waals surface area contributed by atoms with Gasteiger partial charge in [-0.15, -0.1) is 0 Å². The predicted molar refractivity (Wildman–Crippen MR) is 99.9 cm³/mol. The first-order valence-electron chi connectivity index (χ1n) is 7.90. The van der Waals surface area contributed by atoms with Crippen LogP contribution in [0, 0.1) is 0 Å². The minimum atomic E-state index is -0.625. The number of hydrogen-bond acceptors (Lipinski definition) is 1. The highest BCUT2D eigenvalue weighted by Crippen LogP contribution is 2.44. The standard InChI is InChI=1S/C21H21OP/c1-17(21(22)18-11-5-2-6-12-18)23(19-13-7-3-8-14-19)20-15-9-4-10-16-20/h2-17,21-22H,1H3/t17-,21-/m0/s1. The van der Waals surface area contributed by atoms with Gasteiger partial charge in [0.1, 0.15) is 0 Å². The van der Waals surface area contributed by atoms with Gasteiger partial charge in [0.25, 0.3) is 0 Å². The van der Waals surface area contributed by atoms with Crippen LogP contribution in [0.3, 0.4) is 0 Å².